The van der Waals surface area contributed by atoms with Crippen molar-refractivity contribution in [2.24, 2.45) is 0 Å². The molecule has 164 valence electrons. The smallest absolute Gasteiger partial charge is 0.143 e. The molecule has 0 saturated heterocycles. The number of hydrogen-bond acceptors (Lipinski definition) is 3. The Labute approximate surface area is 190 Å². The Morgan fingerprint density at radius 2 is 1.94 bits per heavy atom. The molecule has 0 aliphatic rings. The molecule has 3 rings (SSSR count). The number of rotatable bonds is 7. The first-order valence-corrected chi connectivity index (χ1v) is 11.2. The van der Waals surface area contributed by atoms with Gasteiger partial charge in [0.15, 0.2) is 0 Å². The number of anilines is 1. The van der Waals surface area contributed by atoms with Gasteiger partial charge in [-0.15, -0.1) is 0 Å². The van der Waals surface area contributed by atoms with Crippen molar-refractivity contribution in [3.8, 4) is 11.5 Å². The molecule has 3 aromatic rings. The summed E-state index contributed by atoms with van der Waals surface area (Å²) in [5.74, 6) is 1.15. The second-order valence-corrected chi connectivity index (χ2v) is 8.52. The van der Waals surface area contributed by atoms with Crippen molar-refractivity contribution in [3.63, 3.8) is 0 Å². The summed E-state index contributed by atoms with van der Waals surface area (Å²) in [5.41, 5.74) is 5.68. The van der Waals surface area contributed by atoms with Crippen LogP contribution in [-0.2, 0) is 6.42 Å². The van der Waals surface area contributed by atoms with Crippen LogP contribution in [0.25, 0.3) is 16.6 Å². The topological polar surface area (TPSA) is 37.6 Å². The minimum atomic E-state index is 0.294. The van der Waals surface area contributed by atoms with E-state index in [-0.39, 0.29) is 0 Å². The predicted molar refractivity (Wildman–Crippen MR) is 135 cm³/mol. The van der Waals surface area contributed by atoms with Gasteiger partial charge in [0, 0.05) is 28.9 Å². The predicted octanol–water partition coefficient (Wildman–Crippen LogP) is 7.02. The number of phenolic OH excluding ortho intramolecular Hbond substituents is 1. The molecule has 1 heterocycles. The summed E-state index contributed by atoms with van der Waals surface area (Å²) in [6.45, 7) is 14.8. The molecule has 5 heteroatoms. The Kier molecular flexibility index (Phi) is 6.75. The first-order chi connectivity index (χ1) is 14.7. The third-order valence-corrected chi connectivity index (χ3v) is 6.24. The minimum Gasteiger partial charge on any atom is -0.508 e. The van der Waals surface area contributed by atoms with Crippen LogP contribution in [0.4, 0.5) is 5.69 Å². The Morgan fingerprint density at radius 1 is 1.23 bits per heavy atom. The number of ether oxygens (including phenoxy) is 1. The maximum Gasteiger partial charge on any atom is 0.143 e. The lowest BCUT2D eigenvalue weighted by Crippen LogP contribution is -2.27. The van der Waals surface area contributed by atoms with Crippen LogP contribution in [-0.4, -0.2) is 21.8 Å². The molecule has 0 unspecified atom stereocenters. The standard InChI is InChI=1S/C26H32N2O2S/c1-8-19-15-21(17(5)14-23(19)29)18(6)28(25(31)9-2)22-10-11-24(30-7)26-20(22)12-13-27(26)16(3)4/h10-16,29H,6,8-9H2,1-5,7H3. The molecule has 0 bridgehead atoms. The number of thiocarbonyl (C=S) groups is 1. The first kappa shape index (κ1) is 22.9. The lowest BCUT2D eigenvalue weighted by Gasteiger charge is -2.29. The van der Waals surface area contributed by atoms with Gasteiger partial charge in [-0.3, -0.25) is 0 Å². The minimum absolute atomic E-state index is 0.294. The highest BCUT2D eigenvalue weighted by Gasteiger charge is 2.23. The van der Waals surface area contributed by atoms with Crippen molar-refractivity contribution in [2.45, 2.75) is 53.5 Å². The summed E-state index contributed by atoms with van der Waals surface area (Å²) < 4.78 is 7.90. The van der Waals surface area contributed by atoms with Crippen molar-refractivity contribution in [2.75, 3.05) is 12.0 Å². The zero-order valence-corrected chi connectivity index (χ0v) is 20.1. The highest BCUT2D eigenvalue weighted by Crippen LogP contribution is 2.40. The number of aromatic hydroxyl groups is 1. The maximum absolute atomic E-state index is 10.3. The van der Waals surface area contributed by atoms with Gasteiger partial charge < -0.3 is 19.3 Å². The van der Waals surface area contributed by atoms with E-state index in [9.17, 15) is 5.11 Å². The number of aromatic nitrogens is 1. The average molecular weight is 437 g/mol. The lowest BCUT2D eigenvalue weighted by atomic mass is 9.99. The fourth-order valence-corrected chi connectivity index (χ4v) is 4.28. The van der Waals surface area contributed by atoms with E-state index < -0.39 is 0 Å². The van der Waals surface area contributed by atoms with E-state index in [4.69, 9.17) is 17.0 Å². The number of benzene rings is 2. The van der Waals surface area contributed by atoms with Crippen LogP contribution in [0.3, 0.4) is 0 Å². The van der Waals surface area contributed by atoms with Crippen LogP contribution < -0.4 is 9.64 Å². The van der Waals surface area contributed by atoms with Crippen LogP contribution in [0.15, 0.2) is 43.1 Å². The van der Waals surface area contributed by atoms with Crippen molar-refractivity contribution in [1.82, 2.24) is 4.57 Å². The number of nitrogens with zero attached hydrogens (tertiary/aromatic N) is 2. The summed E-state index contributed by atoms with van der Waals surface area (Å²) in [5, 5.41) is 11.3. The van der Waals surface area contributed by atoms with Crippen LogP contribution in [0.2, 0.25) is 0 Å². The van der Waals surface area contributed by atoms with Gasteiger partial charge in [-0.1, -0.05) is 32.6 Å². The van der Waals surface area contributed by atoms with Crippen LogP contribution in [0, 0.1) is 6.92 Å². The zero-order chi connectivity index (χ0) is 22.9. The van der Waals surface area contributed by atoms with Crippen LogP contribution in [0.5, 0.6) is 11.5 Å². The highest BCUT2D eigenvalue weighted by atomic mass is 32.1. The Bertz CT molecular complexity index is 1140. The molecule has 31 heavy (non-hydrogen) atoms. The fourth-order valence-electron chi connectivity index (χ4n) is 4.07. The normalized spacial score (nSPS) is 11.2. The molecule has 0 saturated carbocycles. The van der Waals surface area contributed by atoms with Gasteiger partial charge >= 0.3 is 0 Å². The Hall–Kier alpha value is -2.79. The molecule has 1 aromatic heterocycles. The van der Waals surface area contributed by atoms with Crippen molar-refractivity contribution in [3.05, 3.63) is 59.8 Å². The molecule has 0 amide bonds. The van der Waals surface area contributed by atoms with Gasteiger partial charge in [-0.25, -0.2) is 0 Å². The van der Waals surface area contributed by atoms with Crippen LogP contribution in [0.1, 0.15) is 56.8 Å². The quantitative estimate of drug-likeness (QED) is 0.404. The Morgan fingerprint density at radius 3 is 2.52 bits per heavy atom. The summed E-state index contributed by atoms with van der Waals surface area (Å²) in [6.07, 6.45) is 3.55. The number of methoxy groups -OCH3 is 1. The third kappa shape index (κ3) is 4.07. The van der Waals surface area contributed by atoms with Gasteiger partial charge in [0.1, 0.15) is 11.5 Å². The molecule has 0 atom stereocenters. The maximum atomic E-state index is 10.3. The second-order valence-electron chi connectivity index (χ2n) is 8.04. The third-order valence-electron chi connectivity index (χ3n) is 5.77. The zero-order valence-electron chi connectivity index (χ0n) is 19.3. The number of fused-ring (bicyclic) bond motifs is 1. The van der Waals surface area contributed by atoms with E-state index in [0.29, 0.717) is 18.2 Å². The van der Waals surface area contributed by atoms with E-state index >= 15 is 0 Å². The molecule has 0 spiro atoms. The second kappa shape index (κ2) is 9.15. The number of aryl methyl sites for hydroxylation is 2. The summed E-state index contributed by atoms with van der Waals surface area (Å²) >= 11 is 5.83. The molecule has 0 aliphatic carbocycles. The molecule has 2 aromatic carbocycles. The first-order valence-electron chi connectivity index (χ1n) is 10.8. The lowest BCUT2D eigenvalue weighted by molar-refractivity contribution is 0.416. The average Bonchev–Trinajstić information content (AvgIpc) is 3.19. The summed E-state index contributed by atoms with van der Waals surface area (Å²) in [4.78, 5) is 2.86. The van der Waals surface area contributed by atoms with Crippen molar-refractivity contribution >= 4 is 39.5 Å². The van der Waals surface area contributed by atoms with Gasteiger partial charge in [-0.2, -0.15) is 0 Å². The molecule has 1 N–H and O–H groups in total. The molecule has 0 radical (unpaired) electrons. The fraction of sp³-hybridized carbons (Fsp3) is 0.346. The van der Waals surface area contributed by atoms with E-state index in [1.54, 1.807) is 7.11 Å². The highest BCUT2D eigenvalue weighted by molar-refractivity contribution is 7.80. The van der Waals surface area contributed by atoms with E-state index in [1.165, 1.54) is 0 Å². The number of phenols is 1. The van der Waals surface area contributed by atoms with Crippen molar-refractivity contribution in [1.29, 1.82) is 0 Å². The molecular formula is C26H32N2O2S. The summed E-state index contributed by atoms with van der Waals surface area (Å²) in [6, 6.07) is 10.3. The number of hydrogen-bond donors (Lipinski definition) is 1. The molecule has 4 nitrogen and oxygen atoms in total. The SMILES string of the molecule is C=C(c1cc(CC)c(O)cc1C)N(C(=S)CC)c1ccc(OC)c2c1ccn2C(C)C. The molecular weight excluding hydrogens is 404 g/mol. The Balaban J connectivity index is 2.25. The molecule has 0 fully saturated rings. The van der Waals surface area contributed by atoms with E-state index in [1.807, 2.05) is 32.0 Å². The van der Waals surface area contributed by atoms with E-state index in [0.717, 1.165) is 56.1 Å². The largest absolute Gasteiger partial charge is 0.508 e. The monoisotopic (exact) mass is 436 g/mol. The van der Waals surface area contributed by atoms with Crippen LogP contribution >= 0.6 is 12.2 Å². The van der Waals surface area contributed by atoms with Gasteiger partial charge in [0.2, 0.25) is 0 Å². The summed E-state index contributed by atoms with van der Waals surface area (Å²) in [7, 11) is 1.70. The van der Waals surface area contributed by atoms with E-state index in [2.05, 4.69) is 55.1 Å². The van der Waals surface area contributed by atoms with Gasteiger partial charge in [-0.05, 0) is 75.1 Å². The van der Waals surface area contributed by atoms with Gasteiger partial charge in [0.05, 0.1) is 23.3 Å². The van der Waals surface area contributed by atoms with Crippen molar-refractivity contribution < 1.29 is 9.84 Å². The van der Waals surface area contributed by atoms with Gasteiger partial charge in [0.25, 0.3) is 0 Å². The molecule has 0 aliphatic heterocycles.